The van der Waals surface area contributed by atoms with E-state index in [1.807, 2.05) is 0 Å². The Hall–Kier alpha value is -2.64. The highest BCUT2D eigenvalue weighted by Gasteiger charge is 2.16. The van der Waals surface area contributed by atoms with Gasteiger partial charge in [-0.3, -0.25) is 4.68 Å². The molecule has 0 fully saturated rings. The van der Waals surface area contributed by atoms with E-state index in [1.54, 1.807) is 50.1 Å². The van der Waals surface area contributed by atoms with Crippen molar-refractivity contribution in [1.29, 1.82) is 0 Å². The van der Waals surface area contributed by atoms with Crippen molar-refractivity contribution < 1.29 is 18.3 Å². The Morgan fingerprint density at radius 2 is 2.13 bits per heavy atom. The summed E-state index contributed by atoms with van der Waals surface area (Å²) >= 11 is 0. The molecule has 0 radical (unpaired) electrons. The third-order valence-electron chi connectivity index (χ3n) is 3.26. The highest BCUT2D eigenvalue weighted by atomic mass is 19.3. The first-order valence-corrected chi connectivity index (χ1v) is 6.97. The third kappa shape index (κ3) is 4.41. The smallest absolute Gasteiger partial charge is 0.387 e. The molecule has 0 bridgehead atoms. The molecule has 6 nitrogen and oxygen atoms in total. The number of ether oxygens (including phenoxy) is 1. The Morgan fingerprint density at radius 1 is 1.39 bits per heavy atom. The second kappa shape index (κ2) is 7.08. The van der Waals surface area contributed by atoms with Crippen molar-refractivity contribution >= 4 is 11.7 Å². The largest absolute Gasteiger partial charge is 0.433 e. The normalized spacial score (nSPS) is 12.1. The maximum absolute atomic E-state index is 12.4. The molecule has 1 aromatic carbocycles. The molecule has 2 aromatic rings. The Kier molecular flexibility index (Phi) is 5.15. The van der Waals surface area contributed by atoms with Gasteiger partial charge in [0.1, 0.15) is 5.75 Å². The van der Waals surface area contributed by atoms with Gasteiger partial charge in [-0.2, -0.15) is 13.9 Å². The second-order valence-electron chi connectivity index (χ2n) is 5.09. The number of halogens is 2. The van der Waals surface area contributed by atoms with Crippen LogP contribution in [0.15, 0.2) is 30.6 Å². The van der Waals surface area contributed by atoms with E-state index in [0.29, 0.717) is 5.56 Å². The average Bonchev–Trinajstić information content (AvgIpc) is 2.89. The minimum atomic E-state index is -2.96. The number of nitrogens with one attached hydrogen (secondary N) is 2. The van der Waals surface area contributed by atoms with Crippen LogP contribution in [0.4, 0.5) is 19.3 Å². The number of benzene rings is 1. The minimum Gasteiger partial charge on any atom is -0.433 e. The molecule has 124 valence electrons. The number of nitrogens with zero attached hydrogens (tertiary/aromatic N) is 2. The molecule has 1 atom stereocenters. The summed E-state index contributed by atoms with van der Waals surface area (Å²) in [6, 6.07) is 3.84. The fourth-order valence-electron chi connectivity index (χ4n) is 2.09. The number of carbonyl (C=O) groups excluding carboxylic acids is 1. The number of anilines is 1. The lowest BCUT2D eigenvalue weighted by Gasteiger charge is -2.17. The van der Waals surface area contributed by atoms with Gasteiger partial charge in [0.15, 0.2) is 0 Å². The van der Waals surface area contributed by atoms with E-state index >= 15 is 0 Å². The van der Waals surface area contributed by atoms with Crippen LogP contribution in [-0.4, -0.2) is 22.4 Å². The molecule has 0 saturated heterocycles. The number of aromatic nitrogens is 2. The molecule has 2 N–H and O–H groups in total. The van der Waals surface area contributed by atoms with Gasteiger partial charge in [-0.05, 0) is 25.5 Å². The summed E-state index contributed by atoms with van der Waals surface area (Å²) in [6.45, 7) is 0.526. The number of rotatable bonds is 5. The molecule has 0 aliphatic rings. The second-order valence-corrected chi connectivity index (χ2v) is 5.09. The third-order valence-corrected chi connectivity index (χ3v) is 3.26. The number of urea groups is 1. The maximum atomic E-state index is 12.4. The minimum absolute atomic E-state index is 0.0795. The number of hydrogen-bond donors (Lipinski definition) is 2. The molecule has 0 saturated carbocycles. The summed E-state index contributed by atoms with van der Waals surface area (Å²) in [6.07, 6.45) is 3.42. The van der Waals surface area contributed by atoms with Crippen molar-refractivity contribution in [3.05, 3.63) is 41.7 Å². The summed E-state index contributed by atoms with van der Waals surface area (Å²) in [5.74, 6) is -0.0795. The molecule has 2 rings (SSSR count). The zero-order valence-corrected chi connectivity index (χ0v) is 13.0. The lowest BCUT2D eigenvalue weighted by atomic mass is 10.2. The highest BCUT2D eigenvalue weighted by molar-refractivity contribution is 5.92. The van der Waals surface area contributed by atoms with Crippen LogP contribution < -0.4 is 15.4 Å². The van der Waals surface area contributed by atoms with Crippen LogP contribution in [0.3, 0.4) is 0 Å². The number of amides is 2. The van der Waals surface area contributed by atoms with E-state index < -0.39 is 12.6 Å². The van der Waals surface area contributed by atoms with E-state index in [1.165, 1.54) is 6.07 Å². The first kappa shape index (κ1) is 16.7. The van der Waals surface area contributed by atoms with Gasteiger partial charge < -0.3 is 15.4 Å². The van der Waals surface area contributed by atoms with Crippen LogP contribution in [0.2, 0.25) is 0 Å². The average molecular weight is 324 g/mol. The molecule has 8 heteroatoms. The van der Waals surface area contributed by atoms with Gasteiger partial charge >= 0.3 is 12.6 Å². The fourth-order valence-corrected chi connectivity index (χ4v) is 2.09. The van der Waals surface area contributed by atoms with Crippen LogP contribution >= 0.6 is 0 Å². The van der Waals surface area contributed by atoms with Gasteiger partial charge in [0.05, 0.1) is 17.9 Å². The van der Waals surface area contributed by atoms with Gasteiger partial charge in [-0.1, -0.05) is 12.1 Å². The standard InChI is InChI=1S/C15H18F2N4O2/c1-9-5-4-6-12(23-14(16)17)13(9)20-15(22)19-10(2)11-7-18-21(3)8-11/h4-8,10,14H,1-3H3,(H2,19,20,22). The van der Waals surface area contributed by atoms with Crippen molar-refractivity contribution in [2.24, 2.45) is 7.05 Å². The highest BCUT2D eigenvalue weighted by Crippen LogP contribution is 2.29. The van der Waals surface area contributed by atoms with Crippen LogP contribution in [0, 0.1) is 6.92 Å². The first-order valence-electron chi connectivity index (χ1n) is 6.97. The van der Waals surface area contributed by atoms with E-state index in [-0.39, 0.29) is 17.5 Å². The molecular formula is C15H18F2N4O2. The molecule has 23 heavy (non-hydrogen) atoms. The fraction of sp³-hybridized carbons (Fsp3) is 0.333. The van der Waals surface area contributed by atoms with Gasteiger partial charge in [-0.25, -0.2) is 4.79 Å². The SMILES string of the molecule is Cc1cccc(OC(F)F)c1NC(=O)NC(C)c1cnn(C)c1. The van der Waals surface area contributed by atoms with Crippen molar-refractivity contribution in [3.63, 3.8) is 0 Å². The van der Waals surface area contributed by atoms with Gasteiger partial charge in [-0.15, -0.1) is 0 Å². The van der Waals surface area contributed by atoms with E-state index in [0.717, 1.165) is 5.56 Å². The summed E-state index contributed by atoms with van der Waals surface area (Å²) in [5, 5.41) is 9.31. The molecule has 1 unspecified atom stereocenters. The number of hydrogen-bond acceptors (Lipinski definition) is 3. The van der Waals surface area contributed by atoms with Crippen molar-refractivity contribution in [1.82, 2.24) is 15.1 Å². The monoisotopic (exact) mass is 324 g/mol. The van der Waals surface area contributed by atoms with Gasteiger partial charge in [0.2, 0.25) is 0 Å². The quantitative estimate of drug-likeness (QED) is 0.887. The van der Waals surface area contributed by atoms with Crippen molar-refractivity contribution in [2.75, 3.05) is 5.32 Å². The lowest BCUT2D eigenvalue weighted by molar-refractivity contribution is -0.0493. The molecule has 1 heterocycles. The van der Waals surface area contributed by atoms with Crippen molar-refractivity contribution in [3.8, 4) is 5.75 Å². The summed E-state index contributed by atoms with van der Waals surface area (Å²) in [5.41, 5.74) is 1.66. The van der Waals surface area contributed by atoms with Gasteiger partial charge in [0, 0.05) is 18.8 Å². The Labute approximate surface area is 132 Å². The van der Waals surface area contributed by atoms with E-state index in [9.17, 15) is 13.6 Å². The summed E-state index contributed by atoms with van der Waals surface area (Å²) in [7, 11) is 1.78. The zero-order valence-electron chi connectivity index (χ0n) is 13.0. The zero-order chi connectivity index (χ0) is 17.0. The van der Waals surface area contributed by atoms with Gasteiger partial charge in [0.25, 0.3) is 0 Å². The number of carbonyl (C=O) groups is 1. The van der Waals surface area contributed by atoms with E-state index in [2.05, 4.69) is 20.5 Å². The molecule has 0 aliphatic carbocycles. The molecule has 2 amide bonds. The predicted octanol–water partition coefficient (Wildman–Crippen LogP) is 3.21. The van der Waals surface area contributed by atoms with E-state index in [4.69, 9.17) is 0 Å². The van der Waals surface area contributed by atoms with Crippen LogP contribution in [0.5, 0.6) is 5.75 Å². The topological polar surface area (TPSA) is 68.2 Å². The van der Waals surface area contributed by atoms with Crippen molar-refractivity contribution in [2.45, 2.75) is 26.5 Å². The Bertz CT molecular complexity index is 688. The predicted molar refractivity (Wildman–Crippen MR) is 81.6 cm³/mol. The van der Waals surface area contributed by atoms with Crippen LogP contribution in [0.25, 0.3) is 0 Å². The maximum Gasteiger partial charge on any atom is 0.387 e. The lowest BCUT2D eigenvalue weighted by Crippen LogP contribution is -2.31. The first-order chi connectivity index (χ1) is 10.9. The molecule has 0 spiro atoms. The van der Waals surface area contributed by atoms with Crippen LogP contribution in [0.1, 0.15) is 24.1 Å². The Morgan fingerprint density at radius 3 is 2.74 bits per heavy atom. The molecular weight excluding hydrogens is 306 g/mol. The molecule has 0 aliphatic heterocycles. The Balaban J connectivity index is 2.08. The van der Waals surface area contributed by atoms with Crippen LogP contribution in [-0.2, 0) is 7.05 Å². The number of aryl methyl sites for hydroxylation is 2. The number of para-hydroxylation sites is 1. The number of alkyl halides is 2. The molecule has 1 aromatic heterocycles. The summed E-state index contributed by atoms with van der Waals surface area (Å²) in [4.78, 5) is 12.1. The summed E-state index contributed by atoms with van der Waals surface area (Å²) < 4.78 is 30.9.